The molecule has 0 spiro atoms. The number of phenolic OH excluding ortho intramolecular Hbond substituents is 1. The number of aromatic hydroxyl groups is 1. The van der Waals surface area contributed by atoms with Crippen LogP contribution in [0.2, 0.25) is 0 Å². The molecule has 36 nitrogen and oxygen atoms in total. The van der Waals surface area contributed by atoms with Gasteiger partial charge in [-0.1, -0.05) is 120 Å². The van der Waals surface area contributed by atoms with E-state index in [0.717, 1.165) is 25.6 Å². The van der Waals surface area contributed by atoms with Crippen LogP contribution in [0.5, 0.6) is 5.75 Å². The number of aromatic amines is 1. The number of amides is 11. The first kappa shape index (κ1) is 108. The molecule has 5 aromatic carbocycles. The van der Waals surface area contributed by atoms with Crippen molar-refractivity contribution in [1.29, 1.82) is 0 Å². The Morgan fingerprint density at radius 3 is 1.94 bits per heavy atom. The number of nitrogens with two attached hydrogens (primary N) is 3. The second-order valence-corrected chi connectivity index (χ2v) is 36.7. The van der Waals surface area contributed by atoms with Gasteiger partial charge in [-0.15, -0.1) is 11.8 Å². The summed E-state index contributed by atoms with van der Waals surface area (Å²) in [6, 6.07) is 11.3. The number of carboxylic acid groups (broad SMARTS) is 1. The quantitative estimate of drug-likeness (QED) is 0.00850. The zero-order valence-electron chi connectivity index (χ0n) is 77.5. The van der Waals surface area contributed by atoms with Crippen molar-refractivity contribution in [1.82, 2.24) is 72.0 Å². The number of aldehydes is 1. The van der Waals surface area contributed by atoms with E-state index in [-0.39, 0.29) is 86.7 Å². The maximum absolute atomic E-state index is 15.5. The van der Waals surface area contributed by atoms with Crippen LogP contribution in [0.3, 0.4) is 0 Å². The van der Waals surface area contributed by atoms with E-state index in [4.69, 9.17) is 21.9 Å². The predicted molar refractivity (Wildman–Crippen MR) is 496 cm³/mol. The van der Waals surface area contributed by atoms with Crippen LogP contribution in [0.4, 0.5) is 17.6 Å². The number of benzene rings is 5. The number of likely N-dealkylation sites (tertiary alicyclic amines) is 2. The number of β-amino-alcohol motifs (C(OH)–C–C–N with tert-alkyl or cyclic N) is 1. The Kier molecular flexibility index (Phi) is 40.7. The normalized spacial score (nSPS) is 18.6. The van der Waals surface area contributed by atoms with Crippen LogP contribution in [-0.2, 0) is 104 Å². The number of thioether (sulfide) groups is 1. The second kappa shape index (κ2) is 51.4. The number of aliphatic hydroxyl groups excluding tert-OH is 2. The molecule has 1 aromatic heterocycles. The molecule has 5 unspecified atom stereocenters. The van der Waals surface area contributed by atoms with Crippen molar-refractivity contribution in [3.05, 3.63) is 173 Å². The summed E-state index contributed by atoms with van der Waals surface area (Å²) in [6.07, 6.45) is -2.31. The molecule has 11 amide bonds. The molecular weight excluding hydrogens is 1790 g/mol. The number of carbonyl (C=O) groups excluding carboxylic acids is 13. The SMILES string of the molecule is CCCC[C@@H](C(=O)N1C[C@@H](O)C[C@@H]1C(=O)N[C@H](C=O)CC(=O)O)N(C)C(=O)C(Cc1ccccc1)N(C)C(=O)[C@H](Cc1cc(F)c(F)c(F)c1)NC(=O)CSC[C@H](NC(=O)[C@H](CC(C)C)NC(O)[C@H](Cc1ccc(O)cc1)NC(=O)[C@H](Cc1c[nH]c2ccccc12)NC(=O)[C@H]1CCCN1C1OC1[C@H](CCCN)NCC(=O)C(Cc1ccc(F)cc1)N(C)C(=O)[C@@H](N)C(C)C)C(=O)NCC(N)=O. The van der Waals surface area contributed by atoms with E-state index in [2.05, 4.69) is 47.5 Å². The smallest absolute Gasteiger partial charge is 0.305 e. The number of carbonyl (C=O) groups is 14. The van der Waals surface area contributed by atoms with Gasteiger partial charge in [0.25, 0.3) is 0 Å². The van der Waals surface area contributed by atoms with Crippen molar-refractivity contribution in [3.8, 4) is 5.75 Å². The van der Waals surface area contributed by atoms with Crippen LogP contribution >= 0.6 is 11.8 Å². The Morgan fingerprint density at radius 2 is 1.29 bits per heavy atom. The number of fused-ring (bicyclic) bond motifs is 1. The number of aliphatic carboxylic acids is 1. The van der Waals surface area contributed by atoms with Gasteiger partial charge in [-0.25, -0.2) is 17.6 Å². The van der Waals surface area contributed by atoms with Gasteiger partial charge in [0.2, 0.25) is 65.0 Å². The number of H-pyrrole nitrogens is 1. The number of unbranched alkanes of at least 4 members (excludes halogenated alkanes) is 1. The number of nitrogens with zero attached hydrogens (tertiary/aromatic N) is 5. The summed E-state index contributed by atoms with van der Waals surface area (Å²) in [7, 11) is 3.97. The van der Waals surface area contributed by atoms with E-state index in [0.29, 0.717) is 97.8 Å². The molecule has 0 aliphatic carbocycles. The number of aromatic nitrogens is 1. The van der Waals surface area contributed by atoms with Crippen LogP contribution in [0.15, 0.2) is 121 Å². The summed E-state index contributed by atoms with van der Waals surface area (Å²) in [5, 5.41) is 66.1. The highest BCUT2D eigenvalue weighted by Crippen LogP contribution is 2.37. The number of epoxide rings is 1. The molecule has 17 atom stereocenters. The van der Waals surface area contributed by atoms with E-state index >= 15 is 32.8 Å². The number of para-hydroxylation sites is 1. The molecular formula is C95H127F4N17O19S. The predicted octanol–water partition coefficient (Wildman–Crippen LogP) is 1.77. The summed E-state index contributed by atoms with van der Waals surface area (Å²) < 4.78 is 65.4. The standard InChI is InChI=1S/C95H127F4N17O19S/c1-9-10-23-74(93(133)116-48-62(119)44-76(116)90(130)106-60(49-117)43-81(123)124)112(6)92(132)77(41-54-18-12-11-13-19-54)114(8)91(131)71(39-57-36-64(97)82(99)65(98)37-57)107-80(122)51-136-50-72(85(125)105-47-79(101)121)111-86(126)68(35-52(2)3)108-87(127)69(38-55-27-31-61(118)32-28-55)109-88(128)70(42-58-45-103-66-21-15-14-20-63(58)66)110-89(129)73-24-17-34-115(73)95-84(135-95)67(22-16-33-100)104-46-78(120)75(40-56-25-29-59(96)30-26-56)113(7)94(134)83(102)53(4)5/h11-15,18-21,25-32,36-37,45,49,52-53,60,62,67-77,83-84,87,95,103-104,108,118-119,127H,9-10,16-17,22-24,33-35,38-44,46-48,50-51,100,102H2,1-8H3,(H2,101,121)(H,105,125)(H,106,130)(H,107,122)(H,109,128)(H,110,129)(H,111,126)(H,123,124)/t60-,62-,67-,68-,69-,70-,71-,72-,73+,74-,75?,76+,77?,83-,84?,87?,95?/m0/s1. The van der Waals surface area contributed by atoms with E-state index in [1.54, 1.807) is 89.3 Å². The fourth-order valence-corrected chi connectivity index (χ4v) is 17.8. The summed E-state index contributed by atoms with van der Waals surface area (Å²) >= 11 is 0.694. The highest BCUT2D eigenvalue weighted by Gasteiger charge is 2.54. The Morgan fingerprint density at radius 1 is 0.669 bits per heavy atom. The second-order valence-electron chi connectivity index (χ2n) is 35.7. The first-order chi connectivity index (χ1) is 64.7. The largest absolute Gasteiger partial charge is 0.508 e. The molecule has 740 valence electrons. The van der Waals surface area contributed by atoms with Crippen molar-refractivity contribution < 1.29 is 110 Å². The molecule has 6 aromatic rings. The monoisotopic (exact) mass is 1920 g/mol. The number of halogens is 4. The average molecular weight is 1920 g/mol. The summed E-state index contributed by atoms with van der Waals surface area (Å²) in [4.78, 5) is 207. The molecule has 3 fully saturated rings. The van der Waals surface area contributed by atoms with Gasteiger partial charge in [-0.05, 0) is 134 Å². The number of rotatable bonds is 54. The lowest BCUT2D eigenvalue weighted by Crippen LogP contribution is -2.61. The lowest BCUT2D eigenvalue weighted by molar-refractivity contribution is -0.152. The van der Waals surface area contributed by atoms with Gasteiger partial charge < -0.3 is 109 Å². The molecule has 9 rings (SSSR count). The number of ketones is 1. The minimum atomic E-state index is -1.86. The minimum absolute atomic E-state index is 0.0358. The maximum Gasteiger partial charge on any atom is 0.305 e. The zero-order valence-corrected chi connectivity index (χ0v) is 78.3. The van der Waals surface area contributed by atoms with Crippen molar-refractivity contribution in [2.24, 2.45) is 29.0 Å². The number of aliphatic hydroxyl groups is 2. The van der Waals surface area contributed by atoms with Crippen LogP contribution in [0.1, 0.15) is 127 Å². The number of hydrogen-bond acceptors (Lipinski definition) is 24. The maximum atomic E-state index is 15.5. The van der Waals surface area contributed by atoms with E-state index in [1.165, 1.54) is 62.4 Å². The molecule has 4 heterocycles. The molecule has 136 heavy (non-hydrogen) atoms. The Hall–Kier alpha value is -11.8. The van der Waals surface area contributed by atoms with Crippen LogP contribution in [0, 0.1) is 35.1 Å². The van der Waals surface area contributed by atoms with Gasteiger partial charge in [0.1, 0.15) is 72.7 Å². The van der Waals surface area contributed by atoms with Gasteiger partial charge in [0, 0.05) is 95.2 Å². The lowest BCUT2D eigenvalue weighted by atomic mass is 9.97. The number of nitrogens with one attached hydrogen (secondary N) is 9. The molecule has 3 aliphatic heterocycles. The molecule has 3 saturated heterocycles. The van der Waals surface area contributed by atoms with E-state index < -0.39 is 235 Å². The first-order valence-corrected chi connectivity index (χ1v) is 46.8. The number of phenols is 1. The van der Waals surface area contributed by atoms with Crippen LogP contribution in [-0.4, -0.2) is 302 Å². The van der Waals surface area contributed by atoms with Crippen molar-refractivity contribution in [2.45, 2.75) is 234 Å². The third kappa shape index (κ3) is 30.6. The van der Waals surface area contributed by atoms with Crippen molar-refractivity contribution in [3.63, 3.8) is 0 Å². The van der Waals surface area contributed by atoms with E-state index in [9.17, 15) is 72.4 Å². The highest BCUT2D eigenvalue weighted by atomic mass is 32.2. The van der Waals surface area contributed by atoms with E-state index in [1.807, 2.05) is 23.1 Å². The molecule has 19 N–H and O–H groups in total. The Bertz CT molecular complexity index is 5110. The van der Waals surface area contributed by atoms with Gasteiger partial charge in [0.15, 0.2) is 23.2 Å². The molecule has 0 saturated carbocycles. The van der Waals surface area contributed by atoms with Gasteiger partial charge >= 0.3 is 5.97 Å². The Labute approximate surface area is 790 Å². The molecule has 0 bridgehead atoms. The van der Waals surface area contributed by atoms with Gasteiger partial charge in [-0.3, -0.25) is 72.5 Å². The topological polar surface area (TPSA) is 539 Å². The van der Waals surface area contributed by atoms with Gasteiger partial charge in [-0.2, -0.15) is 0 Å². The minimum Gasteiger partial charge on any atom is -0.508 e. The van der Waals surface area contributed by atoms with Gasteiger partial charge in [0.05, 0.1) is 67.6 Å². The fourth-order valence-electron chi connectivity index (χ4n) is 17.0. The number of primary amides is 1. The van der Waals surface area contributed by atoms with Crippen LogP contribution in [0.25, 0.3) is 10.9 Å². The average Bonchev–Trinajstić information content (AvgIpc) is 1.60. The number of ether oxygens (including phenoxy) is 1. The number of carboxylic acids is 1. The zero-order chi connectivity index (χ0) is 99.5. The highest BCUT2D eigenvalue weighted by molar-refractivity contribution is 8.00. The fraction of sp³-hybridized carbons (Fsp3) is 0.516. The Balaban J connectivity index is 0.932. The lowest BCUT2D eigenvalue weighted by Gasteiger charge is -2.37. The molecule has 0 radical (unpaired) electrons. The molecule has 41 heteroatoms. The number of hydrogen-bond donors (Lipinski definition) is 16. The van der Waals surface area contributed by atoms with Crippen molar-refractivity contribution >= 4 is 106 Å². The third-order valence-corrected chi connectivity index (χ3v) is 25.6. The summed E-state index contributed by atoms with van der Waals surface area (Å²) in [5.41, 5.74) is 20.4. The van der Waals surface area contributed by atoms with Crippen LogP contribution < -0.4 is 59.7 Å². The summed E-state index contributed by atoms with van der Waals surface area (Å²) in [5.74, 6) is -18.8. The number of likely N-dealkylation sites (N-methyl/N-ethyl adjacent to an activating group) is 3. The third-order valence-electron chi connectivity index (χ3n) is 24.6. The first-order valence-electron chi connectivity index (χ1n) is 45.6. The molecule has 3 aliphatic rings. The number of Topliss-reactive ketones (excluding diaryl/α,β-unsaturated/α-hetero) is 1. The summed E-state index contributed by atoms with van der Waals surface area (Å²) in [6.45, 7) is 8.19. The van der Waals surface area contributed by atoms with Crippen molar-refractivity contribution in [2.75, 3.05) is 65.4 Å².